The van der Waals surface area contributed by atoms with Gasteiger partial charge in [-0.3, -0.25) is 4.68 Å². The van der Waals surface area contributed by atoms with Crippen LogP contribution < -0.4 is 0 Å². The van der Waals surface area contributed by atoms with Crippen molar-refractivity contribution in [2.45, 2.75) is 53.0 Å². The maximum atomic E-state index is 5.57. The highest BCUT2D eigenvalue weighted by Gasteiger charge is 2.26. The van der Waals surface area contributed by atoms with Gasteiger partial charge in [0, 0.05) is 17.3 Å². The minimum absolute atomic E-state index is 0.235. The van der Waals surface area contributed by atoms with Gasteiger partial charge < -0.3 is 0 Å². The van der Waals surface area contributed by atoms with Crippen LogP contribution in [0.2, 0.25) is 0 Å². The molecule has 0 atom stereocenters. The van der Waals surface area contributed by atoms with Gasteiger partial charge in [-0.25, -0.2) is 0 Å². The fourth-order valence-electron chi connectivity index (χ4n) is 2.14. The summed E-state index contributed by atoms with van der Waals surface area (Å²) in [7, 11) is 0. The van der Waals surface area contributed by atoms with Crippen molar-refractivity contribution in [3.8, 4) is 12.3 Å². The Morgan fingerprint density at radius 3 is 2.20 bits per heavy atom. The number of aromatic nitrogens is 2. The molecule has 1 heterocycles. The Balaban J connectivity index is 3.40. The first-order valence-electron chi connectivity index (χ1n) is 5.35. The zero-order valence-corrected chi connectivity index (χ0v) is 10.5. The summed E-state index contributed by atoms with van der Waals surface area (Å²) < 4.78 is 2.05. The molecule has 0 aliphatic carbocycles. The Kier molecular flexibility index (Phi) is 2.95. The molecule has 0 unspecified atom stereocenters. The van der Waals surface area contributed by atoms with E-state index in [0.717, 1.165) is 5.69 Å². The lowest BCUT2D eigenvalue weighted by molar-refractivity contribution is 0.514. The average Bonchev–Trinajstić information content (AvgIpc) is 2.42. The van der Waals surface area contributed by atoms with Crippen LogP contribution in [-0.4, -0.2) is 9.78 Å². The number of hydrogen-bond donors (Lipinski definition) is 0. The van der Waals surface area contributed by atoms with Crippen LogP contribution in [0.4, 0.5) is 0 Å². The van der Waals surface area contributed by atoms with E-state index in [1.54, 1.807) is 0 Å². The van der Waals surface area contributed by atoms with Crippen LogP contribution in [0.1, 0.15) is 50.7 Å². The monoisotopic (exact) mass is 204 g/mol. The highest BCUT2D eigenvalue weighted by molar-refractivity contribution is 5.38. The Morgan fingerprint density at radius 2 is 1.87 bits per heavy atom. The predicted molar refractivity (Wildman–Crippen MR) is 63.9 cm³/mol. The zero-order chi connectivity index (χ0) is 11.8. The van der Waals surface area contributed by atoms with Crippen LogP contribution >= 0.6 is 0 Å². The molecule has 0 N–H and O–H groups in total. The van der Waals surface area contributed by atoms with E-state index in [2.05, 4.69) is 45.6 Å². The van der Waals surface area contributed by atoms with Crippen LogP contribution in [0, 0.1) is 26.2 Å². The van der Waals surface area contributed by atoms with Gasteiger partial charge in [0.25, 0.3) is 0 Å². The molecule has 2 heteroatoms. The van der Waals surface area contributed by atoms with Crippen molar-refractivity contribution >= 4 is 0 Å². The van der Waals surface area contributed by atoms with E-state index < -0.39 is 0 Å². The molecule has 0 saturated heterocycles. The molecular formula is C13H20N2. The first-order chi connectivity index (χ1) is 6.81. The second-order valence-electron chi connectivity index (χ2n) is 4.85. The highest BCUT2D eigenvalue weighted by Crippen LogP contribution is 2.29. The molecule has 1 aromatic heterocycles. The van der Waals surface area contributed by atoms with Crippen molar-refractivity contribution in [3.05, 3.63) is 17.0 Å². The van der Waals surface area contributed by atoms with Crippen molar-refractivity contribution in [1.29, 1.82) is 0 Å². The van der Waals surface area contributed by atoms with Gasteiger partial charge in [0.05, 0.1) is 11.1 Å². The SMILES string of the molecule is C#CC(C)(C)c1c(C)nn(C(C)C)c1C. The van der Waals surface area contributed by atoms with Crippen LogP contribution in [0.25, 0.3) is 0 Å². The van der Waals surface area contributed by atoms with Gasteiger partial charge in [-0.05, 0) is 41.5 Å². The van der Waals surface area contributed by atoms with E-state index in [4.69, 9.17) is 6.42 Å². The molecule has 0 amide bonds. The third-order valence-electron chi connectivity index (χ3n) is 2.80. The van der Waals surface area contributed by atoms with E-state index in [0.29, 0.717) is 6.04 Å². The van der Waals surface area contributed by atoms with E-state index >= 15 is 0 Å². The molecule has 2 nitrogen and oxygen atoms in total. The summed E-state index contributed by atoms with van der Waals surface area (Å²) in [6, 6.07) is 0.381. The van der Waals surface area contributed by atoms with E-state index in [-0.39, 0.29) is 5.41 Å². The summed E-state index contributed by atoms with van der Waals surface area (Å²) >= 11 is 0. The lowest BCUT2D eigenvalue weighted by Crippen LogP contribution is -2.16. The third-order valence-corrected chi connectivity index (χ3v) is 2.80. The molecule has 0 aliphatic heterocycles. The molecule has 0 saturated carbocycles. The summed E-state index contributed by atoms with van der Waals surface area (Å²) in [4.78, 5) is 0. The topological polar surface area (TPSA) is 17.8 Å². The molecule has 0 aliphatic rings. The molecule has 0 bridgehead atoms. The molecule has 0 radical (unpaired) electrons. The van der Waals surface area contributed by atoms with Crippen LogP contribution in [0.3, 0.4) is 0 Å². The second-order valence-corrected chi connectivity index (χ2v) is 4.85. The standard InChI is InChI=1S/C13H20N2/c1-8-13(6,7)12-10(4)14-15(9(2)3)11(12)5/h1,9H,2-7H3. The van der Waals surface area contributed by atoms with Gasteiger partial charge in [0.15, 0.2) is 0 Å². The summed E-state index contributed by atoms with van der Waals surface area (Å²) in [5, 5.41) is 4.55. The van der Waals surface area contributed by atoms with Crippen LogP contribution in [0.5, 0.6) is 0 Å². The molecular weight excluding hydrogens is 184 g/mol. The summed E-state index contributed by atoms with van der Waals surface area (Å²) in [5.74, 6) is 2.84. The first-order valence-corrected chi connectivity index (χ1v) is 5.35. The molecule has 0 spiro atoms. The maximum absolute atomic E-state index is 5.57. The first kappa shape index (κ1) is 11.8. The van der Waals surface area contributed by atoms with Crippen molar-refractivity contribution in [1.82, 2.24) is 9.78 Å². The second kappa shape index (κ2) is 3.73. The number of terminal acetylenes is 1. The molecule has 0 fully saturated rings. The van der Waals surface area contributed by atoms with Gasteiger partial charge >= 0.3 is 0 Å². The van der Waals surface area contributed by atoms with Crippen molar-refractivity contribution in [3.63, 3.8) is 0 Å². The van der Waals surface area contributed by atoms with Gasteiger partial charge in [0.2, 0.25) is 0 Å². The largest absolute Gasteiger partial charge is 0.267 e. The van der Waals surface area contributed by atoms with Crippen LogP contribution in [0.15, 0.2) is 0 Å². The minimum atomic E-state index is -0.235. The summed E-state index contributed by atoms with van der Waals surface area (Å²) in [6.07, 6.45) is 5.57. The fraction of sp³-hybridized carbons (Fsp3) is 0.615. The van der Waals surface area contributed by atoms with Gasteiger partial charge in [-0.15, -0.1) is 6.42 Å². The minimum Gasteiger partial charge on any atom is -0.267 e. The Morgan fingerprint density at radius 1 is 1.33 bits per heavy atom. The fourth-order valence-corrected chi connectivity index (χ4v) is 2.14. The van der Waals surface area contributed by atoms with E-state index in [1.165, 1.54) is 11.3 Å². The number of aryl methyl sites for hydroxylation is 1. The van der Waals surface area contributed by atoms with Crippen molar-refractivity contribution in [2.24, 2.45) is 0 Å². The smallest absolute Gasteiger partial charge is 0.0643 e. The molecule has 15 heavy (non-hydrogen) atoms. The maximum Gasteiger partial charge on any atom is 0.0643 e. The third kappa shape index (κ3) is 1.92. The zero-order valence-electron chi connectivity index (χ0n) is 10.5. The van der Waals surface area contributed by atoms with Crippen LogP contribution in [-0.2, 0) is 5.41 Å². The average molecular weight is 204 g/mol. The Hall–Kier alpha value is -1.23. The lowest BCUT2D eigenvalue weighted by Gasteiger charge is -2.19. The van der Waals surface area contributed by atoms with Crippen molar-refractivity contribution in [2.75, 3.05) is 0 Å². The van der Waals surface area contributed by atoms with Gasteiger partial charge in [-0.2, -0.15) is 5.10 Å². The molecule has 1 rings (SSSR count). The number of hydrogen-bond acceptors (Lipinski definition) is 1. The number of rotatable bonds is 2. The normalized spacial score (nSPS) is 11.9. The molecule has 82 valence electrons. The number of nitrogens with zero attached hydrogens (tertiary/aromatic N) is 2. The van der Waals surface area contributed by atoms with Gasteiger partial charge in [-0.1, -0.05) is 5.92 Å². The Bertz CT molecular complexity index is 403. The van der Waals surface area contributed by atoms with E-state index in [1.807, 2.05) is 11.6 Å². The van der Waals surface area contributed by atoms with Gasteiger partial charge in [0.1, 0.15) is 0 Å². The Labute approximate surface area is 92.7 Å². The quantitative estimate of drug-likeness (QED) is 0.677. The molecule has 1 aromatic rings. The lowest BCUT2D eigenvalue weighted by atomic mass is 9.84. The predicted octanol–water partition coefficient (Wildman–Crippen LogP) is 2.99. The molecule has 0 aromatic carbocycles. The summed E-state index contributed by atoms with van der Waals surface area (Å²) in [6.45, 7) is 12.5. The summed E-state index contributed by atoms with van der Waals surface area (Å²) in [5.41, 5.74) is 3.19. The van der Waals surface area contributed by atoms with Crippen molar-refractivity contribution < 1.29 is 0 Å². The van der Waals surface area contributed by atoms with E-state index in [9.17, 15) is 0 Å². The highest BCUT2D eigenvalue weighted by atomic mass is 15.3.